The maximum Gasteiger partial charge on any atom is 0.166 e. The zero-order valence-corrected chi connectivity index (χ0v) is 12.8. The number of ether oxygens (including phenoxy) is 1. The predicted octanol–water partition coefficient (Wildman–Crippen LogP) is 4.51. The van der Waals surface area contributed by atoms with Crippen molar-refractivity contribution in [1.29, 1.82) is 0 Å². The number of rotatable bonds is 5. The van der Waals surface area contributed by atoms with Crippen molar-refractivity contribution in [2.75, 3.05) is 0 Å². The van der Waals surface area contributed by atoms with Gasteiger partial charge in [0.1, 0.15) is 5.75 Å². The molecule has 112 valence electrons. The summed E-state index contributed by atoms with van der Waals surface area (Å²) in [4.78, 5) is 0. The van der Waals surface area contributed by atoms with Crippen LogP contribution in [-0.2, 0) is 6.42 Å². The molecule has 0 saturated heterocycles. The molecule has 3 heteroatoms. The molecule has 0 aromatic heterocycles. The number of para-hydroxylation sites is 1. The van der Waals surface area contributed by atoms with Crippen LogP contribution in [0.3, 0.4) is 0 Å². The van der Waals surface area contributed by atoms with Crippen LogP contribution < -0.4 is 10.5 Å². The van der Waals surface area contributed by atoms with Gasteiger partial charge in [-0.05, 0) is 61.6 Å². The predicted molar refractivity (Wildman–Crippen MR) is 84.4 cm³/mol. The van der Waals surface area contributed by atoms with Gasteiger partial charge in [-0.15, -0.1) is 0 Å². The van der Waals surface area contributed by atoms with E-state index >= 15 is 0 Å². The van der Waals surface area contributed by atoms with Crippen LogP contribution in [0.4, 0.5) is 4.39 Å². The number of nitrogens with two attached hydrogens (primary N) is 1. The molecular formula is C18H22FNO. The highest BCUT2D eigenvalue weighted by atomic mass is 19.1. The summed E-state index contributed by atoms with van der Waals surface area (Å²) >= 11 is 0. The van der Waals surface area contributed by atoms with Gasteiger partial charge >= 0.3 is 0 Å². The van der Waals surface area contributed by atoms with Crippen LogP contribution in [0.5, 0.6) is 11.5 Å². The number of aryl methyl sites for hydroxylation is 2. The summed E-state index contributed by atoms with van der Waals surface area (Å²) in [6.45, 7) is 6.01. The highest BCUT2D eigenvalue weighted by molar-refractivity contribution is 5.41. The third-order valence-electron chi connectivity index (χ3n) is 3.47. The lowest BCUT2D eigenvalue weighted by Gasteiger charge is -2.15. The third-order valence-corrected chi connectivity index (χ3v) is 3.47. The molecule has 0 fully saturated rings. The Kier molecular flexibility index (Phi) is 4.97. The molecule has 0 amide bonds. The molecule has 2 nitrogen and oxygen atoms in total. The van der Waals surface area contributed by atoms with Gasteiger partial charge in [0.05, 0.1) is 0 Å². The smallest absolute Gasteiger partial charge is 0.166 e. The van der Waals surface area contributed by atoms with E-state index in [1.807, 2.05) is 39.0 Å². The number of hydrogen-bond donors (Lipinski definition) is 1. The van der Waals surface area contributed by atoms with Gasteiger partial charge in [0.25, 0.3) is 0 Å². The molecule has 2 aromatic carbocycles. The van der Waals surface area contributed by atoms with Crippen molar-refractivity contribution in [3.8, 4) is 11.5 Å². The largest absolute Gasteiger partial charge is 0.454 e. The van der Waals surface area contributed by atoms with Gasteiger partial charge in [-0.25, -0.2) is 4.39 Å². The van der Waals surface area contributed by atoms with E-state index in [1.165, 1.54) is 6.07 Å². The summed E-state index contributed by atoms with van der Waals surface area (Å²) < 4.78 is 19.9. The standard InChI is InChI=1S/C18H22FNO/c1-4-15(20)11-14-6-5-7-17(19)18(14)21-16-9-12(2)8-13(3)10-16/h5-10,15H,4,11,20H2,1-3H3. The van der Waals surface area contributed by atoms with Crippen LogP contribution in [0.1, 0.15) is 30.0 Å². The number of halogens is 1. The summed E-state index contributed by atoms with van der Waals surface area (Å²) in [7, 11) is 0. The average Bonchev–Trinajstić information content (AvgIpc) is 2.41. The molecule has 0 spiro atoms. The Hall–Kier alpha value is -1.87. The van der Waals surface area contributed by atoms with E-state index in [2.05, 4.69) is 6.07 Å². The zero-order chi connectivity index (χ0) is 15.4. The molecule has 2 rings (SSSR count). The number of benzene rings is 2. The van der Waals surface area contributed by atoms with Crippen LogP contribution in [-0.4, -0.2) is 6.04 Å². The summed E-state index contributed by atoms with van der Waals surface area (Å²) in [5.74, 6) is 0.588. The Labute approximate surface area is 125 Å². The molecule has 0 radical (unpaired) electrons. The van der Waals surface area contributed by atoms with Crippen molar-refractivity contribution >= 4 is 0 Å². The van der Waals surface area contributed by atoms with Crippen molar-refractivity contribution in [3.05, 3.63) is 58.9 Å². The second kappa shape index (κ2) is 6.72. The van der Waals surface area contributed by atoms with E-state index in [9.17, 15) is 4.39 Å². The van der Waals surface area contributed by atoms with Crippen LogP contribution >= 0.6 is 0 Å². The van der Waals surface area contributed by atoms with Crippen molar-refractivity contribution in [3.63, 3.8) is 0 Å². The van der Waals surface area contributed by atoms with Gasteiger partial charge in [0.15, 0.2) is 11.6 Å². The lowest BCUT2D eigenvalue weighted by atomic mass is 10.0. The molecular weight excluding hydrogens is 265 g/mol. The molecule has 0 bridgehead atoms. The van der Waals surface area contributed by atoms with Crippen LogP contribution in [0, 0.1) is 19.7 Å². The molecule has 2 aromatic rings. The van der Waals surface area contributed by atoms with Crippen molar-refractivity contribution < 1.29 is 9.13 Å². The second-order valence-corrected chi connectivity index (χ2v) is 5.53. The van der Waals surface area contributed by atoms with Crippen molar-refractivity contribution in [2.45, 2.75) is 39.7 Å². The summed E-state index contributed by atoms with van der Waals surface area (Å²) in [5.41, 5.74) is 8.98. The van der Waals surface area contributed by atoms with Crippen molar-refractivity contribution in [2.24, 2.45) is 5.73 Å². The summed E-state index contributed by atoms with van der Waals surface area (Å²) in [6.07, 6.45) is 1.45. The van der Waals surface area contributed by atoms with Crippen LogP contribution in [0.15, 0.2) is 36.4 Å². The lowest BCUT2D eigenvalue weighted by molar-refractivity contribution is 0.432. The van der Waals surface area contributed by atoms with E-state index in [0.29, 0.717) is 12.2 Å². The molecule has 0 heterocycles. The highest BCUT2D eigenvalue weighted by Gasteiger charge is 2.13. The SMILES string of the molecule is CCC(N)Cc1cccc(F)c1Oc1cc(C)cc(C)c1. The fraction of sp³-hybridized carbons (Fsp3) is 0.333. The number of hydrogen-bond acceptors (Lipinski definition) is 2. The van der Waals surface area contributed by atoms with Crippen molar-refractivity contribution in [1.82, 2.24) is 0 Å². The Morgan fingerprint density at radius 3 is 2.43 bits per heavy atom. The molecule has 2 N–H and O–H groups in total. The first-order chi connectivity index (χ1) is 9.99. The second-order valence-electron chi connectivity index (χ2n) is 5.53. The molecule has 0 aliphatic rings. The van der Waals surface area contributed by atoms with Gasteiger partial charge in [-0.2, -0.15) is 0 Å². The molecule has 0 aliphatic heterocycles. The summed E-state index contributed by atoms with van der Waals surface area (Å²) in [5, 5.41) is 0. The normalized spacial score (nSPS) is 12.2. The Balaban J connectivity index is 2.34. The average molecular weight is 287 g/mol. The third kappa shape index (κ3) is 4.05. The van der Waals surface area contributed by atoms with Gasteiger partial charge < -0.3 is 10.5 Å². The minimum absolute atomic E-state index is 0.00777. The minimum atomic E-state index is -0.352. The van der Waals surface area contributed by atoms with E-state index in [0.717, 1.165) is 23.1 Å². The van der Waals surface area contributed by atoms with Gasteiger partial charge in [-0.1, -0.05) is 25.1 Å². The van der Waals surface area contributed by atoms with Crippen LogP contribution in [0.2, 0.25) is 0 Å². The first-order valence-electron chi connectivity index (χ1n) is 7.28. The maximum absolute atomic E-state index is 14.1. The monoisotopic (exact) mass is 287 g/mol. The highest BCUT2D eigenvalue weighted by Crippen LogP contribution is 2.30. The molecule has 21 heavy (non-hydrogen) atoms. The minimum Gasteiger partial charge on any atom is -0.454 e. The topological polar surface area (TPSA) is 35.2 Å². The molecule has 0 saturated carbocycles. The lowest BCUT2D eigenvalue weighted by Crippen LogP contribution is -2.21. The van der Waals surface area contributed by atoms with Crippen LogP contribution in [0.25, 0.3) is 0 Å². The summed E-state index contributed by atoms with van der Waals surface area (Å²) in [6, 6.07) is 10.9. The van der Waals surface area contributed by atoms with E-state index in [4.69, 9.17) is 10.5 Å². The Bertz CT molecular complexity index is 604. The maximum atomic E-state index is 14.1. The van der Waals surface area contributed by atoms with E-state index < -0.39 is 0 Å². The molecule has 1 atom stereocenters. The van der Waals surface area contributed by atoms with E-state index in [1.54, 1.807) is 6.07 Å². The fourth-order valence-electron chi connectivity index (χ4n) is 2.37. The quantitative estimate of drug-likeness (QED) is 0.877. The van der Waals surface area contributed by atoms with Gasteiger partial charge in [0.2, 0.25) is 0 Å². The van der Waals surface area contributed by atoms with E-state index in [-0.39, 0.29) is 17.6 Å². The Morgan fingerprint density at radius 1 is 1.14 bits per heavy atom. The molecule has 1 unspecified atom stereocenters. The Morgan fingerprint density at radius 2 is 1.81 bits per heavy atom. The fourth-order valence-corrected chi connectivity index (χ4v) is 2.37. The van der Waals surface area contributed by atoms with Gasteiger partial charge in [-0.3, -0.25) is 0 Å². The molecule has 0 aliphatic carbocycles. The van der Waals surface area contributed by atoms with Gasteiger partial charge in [0, 0.05) is 6.04 Å². The zero-order valence-electron chi connectivity index (χ0n) is 12.8. The first kappa shape index (κ1) is 15.5. The first-order valence-corrected chi connectivity index (χ1v) is 7.28.